The lowest BCUT2D eigenvalue weighted by Gasteiger charge is -2.45. The number of ether oxygens (including phenoxy) is 1. The summed E-state index contributed by atoms with van der Waals surface area (Å²) in [6.45, 7) is 2.30. The van der Waals surface area contributed by atoms with Crippen molar-refractivity contribution in [3.63, 3.8) is 0 Å². The van der Waals surface area contributed by atoms with Crippen LogP contribution in [-0.2, 0) is 17.7 Å². The van der Waals surface area contributed by atoms with E-state index in [-0.39, 0.29) is 12.5 Å². The number of nitrogens with one attached hydrogen (secondary N) is 1. The number of nitrogens with zero attached hydrogens (tertiary/aromatic N) is 2. The number of rotatable bonds is 8. The van der Waals surface area contributed by atoms with Crippen LogP contribution in [0.2, 0.25) is 0 Å². The maximum absolute atomic E-state index is 13.7. The van der Waals surface area contributed by atoms with Gasteiger partial charge in [-0.25, -0.2) is 4.98 Å². The van der Waals surface area contributed by atoms with Crippen LogP contribution < -0.4 is 5.32 Å². The first-order valence-electron chi connectivity index (χ1n) is 12.6. The SMILES string of the molecule is O=C(NCCCc1ccccc1)c1c(C[N+]2([O-])CCOCC2)c(-c2ccccc2)nc2ccccc12. The third kappa shape index (κ3) is 5.46. The van der Waals surface area contributed by atoms with Gasteiger partial charge in [0.25, 0.3) is 5.91 Å². The topological polar surface area (TPSA) is 74.3 Å². The molecule has 0 saturated carbocycles. The van der Waals surface area contributed by atoms with Gasteiger partial charge in [-0.15, -0.1) is 0 Å². The Hall–Kier alpha value is -3.58. The van der Waals surface area contributed by atoms with Crippen LogP contribution in [0.5, 0.6) is 0 Å². The Balaban J connectivity index is 1.52. The van der Waals surface area contributed by atoms with Crippen LogP contribution in [0.1, 0.15) is 27.9 Å². The first kappa shape index (κ1) is 24.1. The molecule has 184 valence electrons. The van der Waals surface area contributed by atoms with Gasteiger partial charge in [0.2, 0.25) is 0 Å². The minimum atomic E-state index is -0.422. The average Bonchev–Trinajstić information content (AvgIpc) is 2.92. The van der Waals surface area contributed by atoms with E-state index in [1.54, 1.807) is 0 Å². The molecule has 1 aromatic heterocycles. The molecule has 0 spiro atoms. The average molecular weight is 482 g/mol. The zero-order chi connectivity index (χ0) is 24.8. The molecule has 0 radical (unpaired) electrons. The number of morpholine rings is 1. The Labute approximate surface area is 211 Å². The summed E-state index contributed by atoms with van der Waals surface area (Å²) >= 11 is 0. The number of fused-ring (bicyclic) bond motifs is 1. The van der Waals surface area contributed by atoms with E-state index in [9.17, 15) is 10.0 Å². The van der Waals surface area contributed by atoms with Gasteiger partial charge in [-0.05, 0) is 24.5 Å². The third-order valence-electron chi connectivity index (χ3n) is 6.77. The highest BCUT2D eigenvalue weighted by Crippen LogP contribution is 2.33. The molecule has 1 aliphatic rings. The lowest BCUT2D eigenvalue weighted by Crippen LogP contribution is -2.50. The second-order valence-corrected chi connectivity index (χ2v) is 9.32. The van der Waals surface area contributed by atoms with Gasteiger partial charge in [-0.2, -0.15) is 0 Å². The van der Waals surface area contributed by atoms with Gasteiger partial charge in [0.15, 0.2) is 0 Å². The molecule has 1 N–H and O–H groups in total. The Kier molecular flexibility index (Phi) is 7.37. The van der Waals surface area contributed by atoms with Crippen molar-refractivity contribution in [3.05, 3.63) is 107 Å². The van der Waals surface area contributed by atoms with E-state index in [0.29, 0.717) is 49.7 Å². The Morgan fingerprint density at radius 2 is 1.58 bits per heavy atom. The number of carbonyl (C=O) groups is 1. The number of aromatic nitrogens is 1. The molecule has 6 heteroatoms. The van der Waals surface area contributed by atoms with Crippen molar-refractivity contribution >= 4 is 16.8 Å². The Morgan fingerprint density at radius 1 is 0.917 bits per heavy atom. The van der Waals surface area contributed by atoms with Gasteiger partial charge in [-0.3, -0.25) is 4.79 Å². The van der Waals surface area contributed by atoms with E-state index in [4.69, 9.17) is 9.72 Å². The number of para-hydroxylation sites is 1. The Bertz CT molecular complexity index is 1320. The quantitative estimate of drug-likeness (QED) is 0.216. The molecule has 0 unspecified atom stereocenters. The lowest BCUT2D eigenvalue weighted by molar-refractivity contribution is -0.901. The summed E-state index contributed by atoms with van der Waals surface area (Å²) in [5.74, 6) is -0.159. The van der Waals surface area contributed by atoms with Gasteiger partial charge < -0.3 is 19.9 Å². The second kappa shape index (κ2) is 11.0. The molecular formula is C30H31N3O3. The minimum Gasteiger partial charge on any atom is -0.632 e. The summed E-state index contributed by atoms with van der Waals surface area (Å²) in [7, 11) is 0. The molecule has 1 saturated heterocycles. The lowest BCUT2D eigenvalue weighted by atomic mass is 9.95. The van der Waals surface area contributed by atoms with Crippen LogP contribution in [0.3, 0.4) is 0 Å². The van der Waals surface area contributed by atoms with Crippen LogP contribution in [0.4, 0.5) is 0 Å². The minimum absolute atomic E-state index is 0.159. The van der Waals surface area contributed by atoms with E-state index >= 15 is 0 Å². The van der Waals surface area contributed by atoms with Crippen molar-refractivity contribution in [3.8, 4) is 11.3 Å². The number of benzene rings is 3. The molecule has 0 aliphatic carbocycles. The standard InChI is InChI=1S/C30H31N3O3/c34-30(31-17-9-12-23-10-3-1-4-11-23)28-25-15-7-8-16-27(25)32-29(24-13-5-2-6-14-24)26(28)22-33(35)18-20-36-21-19-33/h1-8,10-11,13-16H,9,12,17-22H2,(H,31,34). The summed E-state index contributed by atoms with van der Waals surface area (Å²) in [6, 6.07) is 27.8. The van der Waals surface area contributed by atoms with Crippen molar-refractivity contribution < 1.29 is 14.2 Å². The highest BCUT2D eigenvalue weighted by Gasteiger charge is 2.29. The number of quaternary nitrogens is 1. The molecule has 6 nitrogen and oxygen atoms in total. The number of amides is 1. The summed E-state index contributed by atoms with van der Waals surface area (Å²) in [6.07, 6.45) is 1.72. The number of carbonyl (C=O) groups excluding carboxylic acids is 1. The fraction of sp³-hybridized carbons (Fsp3) is 0.267. The van der Waals surface area contributed by atoms with Crippen LogP contribution in [0.25, 0.3) is 22.2 Å². The fourth-order valence-electron chi connectivity index (χ4n) is 4.85. The predicted molar refractivity (Wildman–Crippen MR) is 142 cm³/mol. The molecule has 36 heavy (non-hydrogen) atoms. The molecular weight excluding hydrogens is 450 g/mol. The van der Waals surface area contributed by atoms with E-state index < -0.39 is 4.65 Å². The van der Waals surface area contributed by atoms with Crippen LogP contribution in [0.15, 0.2) is 84.9 Å². The number of hydrogen-bond acceptors (Lipinski definition) is 4. The van der Waals surface area contributed by atoms with Crippen LogP contribution in [0, 0.1) is 5.21 Å². The largest absolute Gasteiger partial charge is 0.632 e. The van der Waals surface area contributed by atoms with Crippen molar-refractivity contribution in [2.75, 3.05) is 32.8 Å². The van der Waals surface area contributed by atoms with E-state index in [0.717, 1.165) is 29.3 Å². The van der Waals surface area contributed by atoms with E-state index in [2.05, 4.69) is 17.4 Å². The molecule has 2 heterocycles. The van der Waals surface area contributed by atoms with Gasteiger partial charge in [0.1, 0.15) is 19.6 Å². The molecule has 1 fully saturated rings. The van der Waals surface area contributed by atoms with E-state index in [1.165, 1.54) is 5.56 Å². The van der Waals surface area contributed by atoms with Crippen LogP contribution >= 0.6 is 0 Å². The number of hydrogen-bond donors (Lipinski definition) is 1. The second-order valence-electron chi connectivity index (χ2n) is 9.32. The molecule has 4 aromatic rings. The first-order valence-corrected chi connectivity index (χ1v) is 12.6. The van der Waals surface area contributed by atoms with Crippen molar-refractivity contribution in [2.45, 2.75) is 19.4 Å². The van der Waals surface area contributed by atoms with Gasteiger partial charge in [0, 0.05) is 23.1 Å². The monoisotopic (exact) mass is 481 g/mol. The zero-order valence-electron chi connectivity index (χ0n) is 20.4. The molecule has 0 atom stereocenters. The number of hydroxylamine groups is 3. The molecule has 1 amide bonds. The van der Waals surface area contributed by atoms with Crippen LogP contribution in [-0.4, -0.2) is 48.4 Å². The van der Waals surface area contributed by atoms with Gasteiger partial charge in [0.05, 0.1) is 30.0 Å². The van der Waals surface area contributed by atoms with Crippen molar-refractivity contribution in [1.82, 2.24) is 10.3 Å². The fourth-order valence-corrected chi connectivity index (χ4v) is 4.85. The molecule has 1 aliphatic heterocycles. The summed E-state index contributed by atoms with van der Waals surface area (Å²) in [5.41, 5.74) is 4.85. The smallest absolute Gasteiger partial charge is 0.252 e. The first-order chi connectivity index (χ1) is 17.6. The van der Waals surface area contributed by atoms with Crippen molar-refractivity contribution in [2.24, 2.45) is 0 Å². The highest BCUT2D eigenvalue weighted by molar-refractivity contribution is 6.09. The van der Waals surface area contributed by atoms with Crippen molar-refractivity contribution in [1.29, 1.82) is 0 Å². The van der Waals surface area contributed by atoms with Gasteiger partial charge in [-0.1, -0.05) is 78.9 Å². The third-order valence-corrected chi connectivity index (χ3v) is 6.77. The molecule has 3 aromatic carbocycles. The normalized spacial score (nSPS) is 15.0. The Morgan fingerprint density at radius 3 is 2.33 bits per heavy atom. The van der Waals surface area contributed by atoms with Gasteiger partial charge >= 0.3 is 0 Å². The molecule has 0 bridgehead atoms. The molecule has 5 rings (SSSR count). The number of pyridine rings is 1. The summed E-state index contributed by atoms with van der Waals surface area (Å²) < 4.78 is 5.03. The summed E-state index contributed by atoms with van der Waals surface area (Å²) in [4.78, 5) is 18.7. The summed E-state index contributed by atoms with van der Waals surface area (Å²) in [5, 5.41) is 17.6. The highest BCUT2D eigenvalue weighted by atomic mass is 16.6. The predicted octanol–water partition coefficient (Wildman–Crippen LogP) is 5.11. The maximum atomic E-state index is 13.7. The van der Waals surface area contributed by atoms with E-state index in [1.807, 2.05) is 72.8 Å². The number of aryl methyl sites for hydroxylation is 1. The maximum Gasteiger partial charge on any atom is 0.252 e. The zero-order valence-corrected chi connectivity index (χ0v) is 20.4.